The zero-order chi connectivity index (χ0) is 15.8. The number of nitro groups is 1. The fourth-order valence-electron chi connectivity index (χ4n) is 1.42. The van der Waals surface area contributed by atoms with Crippen LogP contribution in [0.15, 0.2) is 37.4 Å². The second-order valence-corrected chi connectivity index (χ2v) is 8.56. The molecule has 0 saturated carbocycles. The number of thiophene rings is 1. The van der Waals surface area contributed by atoms with Gasteiger partial charge >= 0.3 is 5.69 Å². The number of hydrogen-bond acceptors (Lipinski definition) is 6. The van der Waals surface area contributed by atoms with Gasteiger partial charge in [0, 0.05) is 15.0 Å². The average Bonchev–Trinajstić information content (AvgIpc) is 2.77. The third-order valence-corrected chi connectivity index (χ3v) is 6.33. The van der Waals surface area contributed by atoms with Crippen molar-refractivity contribution in [2.24, 2.45) is 0 Å². The number of rotatable bonds is 4. The van der Waals surface area contributed by atoms with E-state index in [9.17, 15) is 18.5 Å². The van der Waals surface area contributed by atoms with E-state index in [2.05, 4.69) is 36.6 Å². The summed E-state index contributed by atoms with van der Waals surface area (Å²) in [6.07, 6.45) is 0. The molecule has 112 valence electrons. The van der Waals surface area contributed by atoms with Crippen LogP contribution in [-0.4, -0.2) is 13.3 Å². The van der Waals surface area contributed by atoms with Crippen LogP contribution in [0.1, 0.15) is 0 Å². The molecule has 0 spiro atoms. The zero-order valence-electron chi connectivity index (χ0n) is 10.0. The van der Waals surface area contributed by atoms with E-state index in [0.29, 0.717) is 26.0 Å². The summed E-state index contributed by atoms with van der Waals surface area (Å²) in [5, 5.41) is 10.6. The molecule has 0 aliphatic rings. The first kappa shape index (κ1) is 16.2. The Morgan fingerprint density at radius 2 is 1.95 bits per heavy atom. The highest BCUT2D eigenvalue weighted by Crippen LogP contribution is 2.36. The van der Waals surface area contributed by atoms with E-state index < -0.39 is 20.6 Å². The molecule has 0 saturated heterocycles. The normalized spacial score (nSPS) is 11.3. The van der Waals surface area contributed by atoms with Crippen molar-refractivity contribution < 1.29 is 13.3 Å². The zero-order valence-corrected chi connectivity index (χ0v) is 14.8. The highest BCUT2D eigenvalue weighted by Gasteiger charge is 2.25. The number of benzene rings is 1. The van der Waals surface area contributed by atoms with Gasteiger partial charge < -0.3 is 5.73 Å². The molecular weight excluding hydrogens is 450 g/mol. The van der Waals surface area contributed by atoms with E-state index in [-0.39, 0.29) is 9.21 Å². The molecule has 0 fully saturated rings. The van der Waals surface area contributed by atoms with Gasteiger partial charge in [0.2, 0.25) is 0 Å². The van der Waals surface area contributed by atoms with Crippen LogP contribution in [0.25, 0.3) is 0 Å². The molecule has 3 N–H and O–H groups in total. The molecule has 0 radical (unpaired) electrons. The van der Waals surface area contributed by atoms with Gasteiger partial charge in [0.25, 0.3) is 10.0 Å². The Labute approximate surface area is 140 Å². The molecular formula is C10H7Br2N3O4S2. The van der Waals surface area contributed by atoms with Crippen LogP contribution >= 0.6 is 43.2 Å². The van der Waals surface area contributed by atoms with Gasteiger partial charge in [-0.15, -0.1) is 0 Å². The number of anilines is 2. The summed E-state index contributed by atoms with van der Waals surface area (Å²) < 4.78 is 27.8. The van der Waals surface area contributed by atoms with Gasteiger partial charge in [-0.3, -0.25) is 14.8 Å². The van der Waals surface area contributed by atoms with Crippen molar-refractivity contribution in [3.8, 4) is 0 Å². The molecule has 0 aliphatic heterocycles. The molecule has 1 aromatic heterocycles. The third-order valence-electron chi connectivity index (χ3n) is 2.35. The van der Waals surface area contributed by atoms with Crippen LogP contribution in [0.4, 0.5) is 16.4 Å². The van der Waals surface area contributed by atoms with Crippen molar-refractivity contribution in [1.29, 1.82) is 0 Å². The van der Waals surface area contributed by atoms with E-state index >= 15 is 0 Å². The smallest absolute Gasteiger partial charge is 0.304 e. The number of nitrogens with two attached hydrogens (primary N) is 1. The summed E-state index contributed by atoms with van der Waals surface area (Å²) in [6.45, 7) is 0. The fourth-order valence-corrected chi connectivity index (χ4v) is 4.54. The number of nitrogens with one attached hydrogen (secondary N) is 1. The molecule has 0 aliphatic carbocycles. The van der Waals surface area contributed by atoms with Crippen molar-refractivity contribution in [2.45, 2.75) is 4.21 Å². The first-order valence-electron chi connectivity index (χ1n) is 5.22. The second kappa shape index (κ2) is 5.91. The second-order valence-electron chi connectivity index (χ2n) is 3.80. The Balaban J connectivity index is 2.41. The Hall–Kier alpha value is -1.17. The molecule has 2 rings (SSSR count). The summed E-state index contributed by atoms with van der Waals surface area (Å²) in [7, 11) is -3.95. The van der Waals surface area contributed by atoms with Crippen LogP contribution in [0.3, 0.4) is 0 Å². The minimum absolute atomic E-state index is 0.159. The van der Waals surface area contributed by atoms with E-state index in [1.807, 2.05) is 0 Å². The molecule has 1 aromatic carbocycles. The van der Waals surface area contributed by atoms with Crippen LogP contribution in [0.2, 0.25) is 0 Å². The summed E-state index contributed by atoms with van der Waals surface area (Å²) in [5.41, 5.74) is 5.34. The molecule has 0 atom stereocenters. The van der Waals surface area contributed by atoms with Gasteiger partial charge in [-0.2, -0.15) is 0 Å². The van der Waals surface area contributed by atoms with E-state index in [4.69, 9.17) is 5.73 Å². The van der Waals surface area contributed by atoms with Crippen molar-refractivity contribution >= 4 is 69.6 Å². The SMILES string of the molecule is Nc1sc(S(=O)(=O)Nc2cc(Br)ccc2Br)cc1[N+](=O)[O-]. The lowest BCUT2D eigenvalue weighted by atomic mass is 10.3. The monoisotopic (exact) mass is 455 g/mol. The van der Waals surface area contributed by atoms with E-state index in [1.54, 1.807) is 18.2 Å². The summed E-state index contributed by atoms with van der Waals surface area (Å²) >= 11 is 7.09. The Morgan fingerprint density at radius 1 is 1.29 bits per heavy atom. The van der Waals surface area contributed by atoms with Crippen LogP contribution in [0, 0.1) is 10.1 Å². The lowest BCUT2D eigenvalue weighted by Crippen LogP contribution is -2.11. The minimum atomic E-state index is -3.95. The molecule has 0 bridgehead atoms. The lowest BCUT2D eigenvalue weighted by Gasteiger charge is -2.08. The van der Waals surface area contributed by atoms with Crippen molar-refractivity contribution in [2.75, 3.05) is 10.5 Å². The minimum Gasteiger partial charge on any atom is -0.385 e. The number of nitrogens with zero attached hydrogens (tertiary/aromatic N) is 1. The van der Waals surface area contributed by atoms with Crippen molar-refractivity contribution in [3.05, 3.63) is 43.3 Å². The summed E-state index contributed by atoms with van der Waals surface area (Å²) in [5.74, 6) is 0. The van der Waals surface area contributed by atoms with E-state index in [1.165, 1.54) is 0 Å². The topological polar surface area (TPSA) is 115 Å². The number of halogens is 2. The highest BCUT2D eigenvalue weighted by molar-refractivity contribution is 9.11. The van der Waals surface area contributed by atoms with Crippen LogP contribution in [-0.2, 0) is 10.0 Å². The lowest BCUT2D eigenvalue weighted by molar-refractivity contribution is -0.383. The predicted molar refractivity (Wildman–Crippen MR) is 88.0 cm³/mol. The quantitative estimate of drug-likeness (QED) is 0.538. The van der Waals surface area contributed by atoms with Gasteiger partial charge in [-0.05, 0) is 34.1 Å². The predicted octanol–water partition coefficient (Wildman–Crippen LogP) is 3.56. The molecule has 7 nitrogen and oxygen atoms in total. The maximum atomic E-state index is 12.2. The Bertz CT molecular complexity index is 820. The van der Waals surface area contributed by atoms with Crippen molar-refractivity contribution in [3.63, 3.8) is 0 Å². The number of nitrogen functional groups attached to an aromatic ring is 1. The maximum Gasteiger partial charge on any atom is 0.304 e. The number of sulfonamides is 1. The maximum absolute atomic E-state index is 12.2. The third kappa shape index (κ3) is 3.54. The first-order valence-corrected chi connectivity index (χ1v) is 9.11. The molecule has 21 heavy (non-hydrogen) atoms. The highest BCUT2D eigenvalue weighted by atomic mass is 79.9. The number of hydrogen-bond donors (Lipinski definition) is 2. The Morgan fingerprint density at radius 3 is 2.52 bits per heavy atom. The average molecular weight is 457 g/mol. The van der Waals surface area contributed by atoms with Gasteiger partial charge in [0.1, 0.15) is 4.21 Å². The summed E-state index contributed by atoms with van der Waals surface area (Å²) in [6, 6.07) is 5.89. The fraction of sp³-hybridized carbons (Fsp3) is 0. The summed E-state index contributed by atoms with van der Waals surface area (Å²) in [4.78, 5) is 10.0. The molecule has 1 heterocycles. The van der Waals surface area contributed by atoms with Crippen molar-refractivity contribution in [1.82, 2.24) is 0 Å². The van der Waals surface area contributed by atoms with Gasteiger partial charge in [0.05, 0.1) is 10.6 Å². The largest absolute Gasteiger partial charge is 0.385 e. The molecule has 0 amide bonds. The molecule has 0 unspecified atom stereocenters. The standard InChI is InChI=1S/C10H7Br2N3O4S2/c11-5-1-2-6(12)7(3-5)14-21(18,19)9-4-8(15(16)17)10(13)20-9/h1-4,14H,13H2. The molecule has 2 aromatic rings. The van der Waals surface area contributed by atoms with Crippen LogP contribution < -0.4 is 10.5 Å². The van der Waals surface area contributed by atoms with Crippen LogP contribution in [0.5, 0.6) is 0 Å². The Kier molecular flexibility index (Phi) is 4.56. The molecule has 11 heteroatoms. The van der Waals surface area contributed by atoms with Gasteiger partial charge in [0.15, 0.2) is 5.00 Å². The first-order chi connectivity index (χ1) is 9.70. The van der Waals surface area contributed by atoms with E-state index in [0.717, 1.165) is 6.07 Å². The van der Waals surface area contributed by atoms with Gasteiger partial charge in [-0.25, -0.2) is 8.42 Å². The van der Waals surface area contributed by atoms with Gasteiger partial charge in [-0.1, -0.05) is 27.3 Å².